The van der Waals surface area contributed by atoms with Crippen molar-refractivity contribution in [2.45, 2.75) is 40.5 Å². The summed E-state index contributed by atoms with van der Waals surface area (Å²) < 4.78 is 13.2. The molecule has 1 amide bonds. The maximum atomic E-state index is 12.2. The fraction of sp³-hybridized carbons (Fsp3) is 0.280. The molecule has 0 radical (unpaired) electrons. The van der Waals surface area contributed by atoms with Crippen LogP contribution >= 0.6 is 0 Å². The molecule has 3 rings (SSSR count). The fourth-order valence-electron chi connectivity index (χ4n) is 3.12. The molecule has 0 bridgehead atoms. The lowest BCUT2D eigenvalue weighted by molar-refractivity contribution is -0.116. The monoisotopic (exact) mass is 419 g/mol. The predicted molar refractivity (Wildman–Crippen MR) is 122 cm³/mol. The van der Waals surface area contributed by atoms with Gasteiger partial charge in [0.25, 0.3) is 0 Å². The topological polar surface area (TPSA) is 65.4 Å². The minimum atomic E-state index is -0.156. The lowest BCUT2D eigenvalue weighted by Gasteiger charge is -2.11. The van der Waals surface area contributed by atoms with E-state index < -0.39 is 0 Å². The summed E-state index contributed by atoms with van der Waals surface area (Å²) >= 11 is 0. The fourth-order valence-corrected chi connectivity index (χ4v) is 3.12. The molecule has 0 saturated heterocycles. The van der Waals surface area contributed by atoms with E-state index in [1.807, 2.05) is 74.1 Å². The van der Waals surface area contributed by atoms with Crippen molar-refractivity contribution >= 4 is 12.0 Å². The van der Waals surface area contributed by atoms with Gasteiger partial charge in [-0.25, -0.2) is 0 Å². The Morgan fingerprint density at radius 1 is 1.13 bits per heavy atom. The molecule has 0 aliphatic carbocycles. The number of aromatic nitrogens is 2. The van der Waals surface area contributed by atoms with E-state index in [-0.39, 0.29) is 5.91 Å². The molecule has 6 heteroatoms. The van der Waals surface area contributed by atoms with E-state index in [0.717, 1.165) is 40.4 Å². The smallest absolute Gasteiger partial charge is 0.244 e. The van der Waals surface area contributed by atoms with Gasteiger partial charge in [0.1, 0.15) is 18.1 Å². The van der Waals surface area contributed by atoms with Gasteiger partial charge in [0.05, 0.1) is 12.8 Å². The largest absolute Gasteiger partial charge is 0.496 e. The van der Waals surface area contributed by atoms with Gasteiger partial charge in [-0.3, -0.25) is 9.48 Å². The molecular weight excluding hydrogens is 390 g/mol. The van der Waals surface area contributed by atoms with Crippen LogP contribution in [-0.4, -0.2) is 22.8 Å². The lowest BCUT2D eigenvalue weighted by atomic mass is 10.1. The van der Waals surface area contributed by atoms with E-state index in [1.54, 1.807) is 13.2 Å². The van der Waals surface area contributed by atoms with E-state index in [9.17, 15) is 4.79 Å². The molecule has 1 N–H and O–H groups in total. The third kappa shape index (κ3) is 6.22. The second kappa shape index (κ2) is 10.5. The summed E-state index contributed by atoms with van der Waals surface area (Å²) in [6.07, 6.45) is 5.28. The van der Waals surface area contributed by atoms with Gasteiger partial charge in [0.15, 0.2) is 0 Å². The van der Waals surface area contributed by atoms with Gasteiger partial charge in [-0.15, -0.1) is 0 Å². The summed E-state index contributed by atoms with van der Waals surface area (Å²) in [6, 6.07) is 13.7. The van der Waals surface area contributed by atoms with E-state index in [2.05, 4.69) is 10.4 Å². The Morgan fingerprint density at radius 2 is 1.90 bits per heavy atom. The second-order valence-corrected chi connectivity index (χ2v) is 7.32. The molecule has 6 nitrogen and oxygen atoms in total. The lowest BCUT2D eigenvalue weighted by Crippen LogP contribution is -2.20. The van der Waals surface area contributed by atoms with Gasteiger partial charge < -0.3 is 14.8 Å². The molecule has 0 spiro atoms. The first kappa shape index (κ1) is 22.2. The van der Waals surface area contributed by atoms with Gasteiger partial charge >= 0.3 is 0 Å². The van der Waals surface area contributed by atoms with Crippen molar-refractivity contribution < 1.29 is 14.3 Å². The number of rotatable bonds is 9. The van der Waals surface area contributed by atoms with Crippen LogP contribution in [0.4, 0.5) is 0 Å². The molecule has 0 unspecified atom stereocenters. The minimum absolute atomic E-state index is 0.156. The molecular formula is C25H29N3O3. The molecule has 0 aliphatic rings. The maximum Gasteiger partial charge on any atom is 0.244 e. The van der Waals surface area contributed by atoms with Crippen molar-refractivity contribution in [2.24, 2.45) is 0 Å². The van der Waals surface area contributed by atoms with Crippen molar-refractivity contribution in [3.05, 3.63) is 82.7 Å². The highest BCUT2D eigenvalue weighted by atomic mass is 16.5. The summed E-state index contributed by atoms with van der Waals surface area (Å²) in [5, 5.41) is 7.30. The number of aryl methyl sites for hydroxylation is 3. The molecule has 162 valence electrons. The zero-order valence-corrected chi connectivity index (χ0v) is 18.5. The number of nitrogens with one attached hydrogen (secondary N) is 1. The number of hydrogen-bond donors (Lipinski definition) is 1. The van der Waals surface area contributed by atoms with Gasteiger partial charge in [0.2, 0.25) is 5.91 Å². The van der Waals surface area contributed by atoms with Crippen molar-refractivity contribution in [1.82, 2.24) is 15.1 Å². The Kier molecular flexibility index (Phi) is 7.49. The molecule has 2 aromatic carbocycles. The van der Waals surface area contributed by atoms with Crippen molar-refractivity contribution in [2.75, 3.05) is 7.11 Å². The van der Waals surface area contributed by atoms with E-state index >= 15 is 0 Å². The Balaban J connectivity index is 1.61. The highest BCUT2D eigenvalue weighted by molar-refractivity contribution is 5.91. The zero-order chi connectivity index (χ0) is 22.2. The first-order valence-corrected chi connectivity index (χ1v) is 10.3. The van der Waals surface area contributed by atoms with Gasteiger partial charge in [-0.2, -0.15) is 5.10 Å². The van der Waals surface area contributed by atoms with Crippen LogP contribution in [0.5, 0.6) is 11.5 Å². The van der Waals surface area contributed by atoms with E-state index in [0.29, 0.717) is 13.2 Å². The summed E-state index contributed by atoms with van der Waals surface area (Å²) in [6.45, 7) is 7.65. The first-order valence-electron chi connectivity index (χ1n) is 10.3. The quantitative estimate of drug-likeness (QED) is 0.521. The highest BCUT2D eigenvalue weighted by Crippen LogP contribution is 2.23. The zero-order valence-electron chi connectivity index (χ0n) is 18.5. The molecule has 0 saturated carbocycles. The molecule has 31 heavy (non-hydrogen) atoms. The number of nitrogens with zero attached hydrogens (tertiary/aromatic N) is 2. The third-order valence-corrected chi connectivity index (χ3v) is 4.97. The van der Waals surface area contributed by atoms with Crippen LogP contribution in [-0.2, 0) is 24.5 Å². The molecule has 1 aromatic heterocycles. The average Bonchev–Trinajstić information content (AvgIpc) is 3.15. The summed E-state index contributed by atoms with van der Waals surface area (Å²) in [5.41, 5.74) is 4.94. The number of hydrogen-bond acceptors (Lipinski definition) is 4. The van der Waals surface area contributed by atoms with Crippen LogP contribution in [0.1, 0.15) is 34.9 Å². The highest BCUT2D eigenvalue weighted by Gasteiger charge is 2.07. The normalized spacial score (nSPS) is 11.0. The average molecular weight is 420 g/mol. The Labute approximate surface area is 183 Å². The van der Waals surface area contributed by atoms with Crippen LogP contribution in [0.15, 0.2) is 54.7 Å². The number of ether oxygens (including phenoxy) is 2. The van der Waals surface area contributed by atoms with Crippen LogP contribution < -0.4 is 14.8 Å². The van der Waals surface area contributed by atoms with Crippen molar-refractivity contribution in [3.63, 3.8) is 0 Å². The predicted octanol–water partition coefficient (Wildman–Crippen LogP) is 4.44. The third-order valence-electron chi connectivity index (χ3n) is 4.97. The maximum absolute atomic E-state index is 12.2. The Bertz CT molecular complexity index is 1050. The summed E-state index contributed by atoms with van der Waals surface area (Å²) in [4.78, 5) is 12.2. The second-order valence-electron chi connectivity index (χ2n) is 7.32. The number of methoxy groups -OCH3 is 1. The van der Waals surface area contributed by atoms with E-state index in [1.165, 1.54) is 11.6 Å². The Hall–Kier alpha value is -3.54. The summed E-state index contributed by atoms with van der Waals surface area (Å²) in [5.74, 6) is 1.39. The van der Waals surface area contributed by atoms with Crippen LogP contribution in [0, 0.1) is 13.8 Å². The SMILES string of the molecule is CCn1cc(CNC(=O)/C=C/c2ccc(OC)c(COc3ccc(C)cc3)c2)c(C)n1. The van der Waals surface area contributed by atoms with Gasteiger partial charge in [0, 0.05) is 36.5 Å². The first-order chi connectivity index (χ1) is 15.0. The number of amides is 1. The minimum Gasteiger partial charge on any atom is -0.496 e. The van der Waals surface area contributed by atoms with Crippen LogP contribution in [0.2, 0.25) is 0 Å². The molecule has 0 atom stereocenters. The van der Waals surface area contributed by atoms with Crippen LogP contribution in [0.25, 0.3) is 6.08 Å². The number of carbonyl (C=O) groups is 1. The molecule has 1 heterocycles. The van der Waals surface area contributed by atoms with Crippen molar-refractivity contribution in [3.8, 4) is 11.5 Å². The van der Waals surface area contributed by atoms with E-state index in [4.69, 9.17) is 9.47 Å². The van der Waals surface area contributed by atoms with Gasteiger partial charge in [-0.05, 0) is 56.7 Å². The van der Waals surface area contributed by atoms with Gasteiger partial charge in [-0.1, -0.05) is 23.8 Å². The number of carbonyl (C=O) groups excluding carboxylic acids is 1. The standard InChI is InChI=1S/C25H29N3O3/c1-5-28-16-22(19(3)27-28)15-26-25(29)13-9-20-8-12-24(30-4)21(14-20)17-31-23-10-6-18(2)7-11-23/h6-14,16H,5,15,17H2,1-4H3,(H,26,29)/b13-9+. The van der Waals surface area contributed by atoms with Crippen molar-refractivity contribution in [1.29, 1.82) is 0 Å². The van der Waals surface area contributed by atoms with Crippen LogP contribution in [0.3, 0.4) is 0 Å². The Morgan fingerprint density at radius 3 is 2.58 bits per heavy atom. The molecule has 0 fully saturated rings. The summed E-state index contributed by atoms with van der Waals surface area (Å²) in [7, 11) is 1.64. The molecule has 3 aromatic rings. The number of benzene rings is 2. The molecule has 0 aliphatic heterocycles.